The average Bonchev–Trinajstić information content (AvgIpc) is 1.91. The van der Waals surface area contributed by atoms with Crippen molar-refractivity contribution >= 4 is 20.6 Å². The molecule has 0 atom stereocenters. The van der Waals surface area contributed by atoms with Gasteiger partial charge in [-0.05, 0) is 22.9 Å². The first kappa shape index (κ1) is 9.65. The van der Waals surface area contributed by atoms with E-state index in [0.717, 1.165) is 0 Å². The van der Waals surface area contributed by atoms with Crippen molar-refractivity contribution < 1.29 is 5.11 Å². The predicted molar refractivity (Wildman–Crippen MR) is 46.3 cm³/mol. The quantitative estimate of drug-likeness (QED) is 0.667. The van der Waals surface area contributed by atoms with Crippen molar-refractivity contribution in [3.63, 3.8) is 0 Å². The third-order valence-electron chi connectivity index (χ3n) is 0.933. The summed E-state index contributed by atoms with van der Waals surface area (Å²) < 4.78 is 0.625. The molecule has 58 valence electrons. The lowest BCUT2D eigenvalue weighted by molar-refractivity contribution is 0.337. The topological polar surface area (TPSA) is 58.6 Å². The number of nitrogens with two attached hydrogens (primary N) is 1. The maximum Gasteiger partial charge on any atom is 0.107 e. The van der Waals surface area contributed by atoms with E-state index in [2.05, 4.69) is 20.9 Å². The zero-order valence-electron chi connectivity index (χ0n) is 5.84. The molecule has 3 nitrogen and oxygen atoms in total. The van der Waals surface area contributed by atoms with Gasteiger partial charge in [-0.15, -0.1) is 0 Å². The summed E-state index contributed by atoms with van der Waals surface area (Å²) >= 11 is 3.17. The van der Waals surface area contributed by atoms with E-state index in [4.69, 9.17) is 10.8 Å². The van der Waals surface area contributed by atoms with Crippen LogP contribution >= 0.6 is 15.9 Å². The molecule has 0 amide bonds. The van der Waals surface area contributed by atoms with E-state index in [1.807, 2.05) is 6.92 Å². The van der Waals surface area contributed by atoms with E-state index in [1.165, 1.54) is 6.20 Å². The standard InChI is InChI=1S/C6H11BrN2O/c1-2-9-6(7)5(3-8)4-10/h3,10H,2,4,8H2,1H3. The fourth-order valence-electron chi connectivity index (χ4n) is 0.427. The molecule has 0 aromatic heterocycles. The number of nitrogens with zero attached hydrogens (tertiary/aromatic N) is 1. The van der Waals surface area contributed by atoms with E-state index in [0.29, 0.717) is 16.7 Å². The van der Waals surface area contributed by atoms with Gasteiger partial charge in [-0.25, -0.2) is 0 Å². The van der Waals surface area contributed by atoms with Crippen LogP contribution in [0.25, 0.3) is 0 Å². The highest BCUT2D eigenvalue weighted by Gasteiger charge is 1.98. The maximum atomic E-state index is 8.66. The van der Waals surface area contributed by atoms with Gasteiger partial charge in [0.15, 0.2) is 0 Å². The molecule has 10 heavy (non-hydrogen) atoms. The van der Waals surface area contributed by atoms with Crippen LogP contribution in [0.15, 0.2) is 16.8 Å². The second-order valence-corrected chi connectivity index (χ2v) is 2.37. The maximum absolute atomic E-state index is 8.66. The Bertz CT molecular complexity index is 154. The Kier molecular flexibility index (Phi) is 5.25. The van der Waals surface area contributed by atoms with Crippen LogP contribution in [-0.4, -0.2) is 22.9 Å². The van der Waals surface area contributed by atoms with Gasteiger partial charge in [-0.1, -0.05) is 0 Å². The molecular weight excluding hydrogens is 196 g/mol. The predicted octanol–water partition coefficient (Wildman–Crippen LogP) is 0.635. The Morgan fingerprint density at radius 3 is 2.70 bits per heavy atom. The first-order chi connectivity index (χ1) is 4.76. The minimum atomic E-state index is -0.0828. The minimum absolute atomic E-state index is 0.0828. The summed E-state index contributed by atoms with van der Waals surface area (Å²) in [5, 5.41) is 8.66. The molecule has 4 heteroatoms. The number of aliphatic hydroxyl groups is 1. The summed E-state index contributed by atoms with van der Waals surface area (Å²) in [7, 11) is 0. The molecule has 0 rings (SSSR count). The van der Waals surface area contributed by atoms with Gasteiger partial charge in [-0.3, -0.25) is 4.99 Å². The van der Waals surface area contributed by atoms with Gasteiger partial charge in [0, 0.05) is 18.3 Å². The molecule has 0 aromatic rings. The first-order valence-corrected chi connectivity index (χ1v) is 3.77. The van der Waals surface area contributed by atoms with Crippen molar-refractivity contribution in [1.82, 2.24) is 0 Å². The Labute approximate surface area is 68.8 Å². The molecule has 0 aromatic carbocycles. The molecule has 0 saturated carbocycles. The van der Waals surface area contributed by atoms with Crippen LogP contribution in [0.1, 0.15) is 6.92 Å². The van der Waals surface area contributed by atoms with E-state index < -0.39 is 0 Å². The van der Waals surface area contributed by atoms with Gasteiger partial charge in [0.2, 0.25) is 0 Å². The lowest BCUT2D eigenvalue weighted by Crippen LogP contribution is -2.02. The van der Waals surface area contributed by atoms with E-state index in [-0.39, 0.29) is 6.61 Å². The normalized spacial score (nSPS) is 13.9. The summed E-state index contributed by atoms with van der Waals surface area (Å²) in [5.74, 6) is 0. The van der Waals surface area contributed by atoms with Crippen LogP contribution in [0, 0.1) is 0 Å². The smallest absolute Gasteiger partial charge is 0.107 e. The van der Waals surface area contributed by atoms with Crippen LogP contribution in [0.5, 0.6) is 0 Å². The van der Waals surface area contributed by atoms with Gasteiger partial charge in [0.25, 0.3) is 0 Å². The van der Waals surface area contributed by atoms with Gasteiger partial charge in [0.1, 0.15) is 4.62 Å². The summed E-state index contributed by atoms with van der Waals surface area (Å²) in [6.45, 7) is 2.51. The summed E-state index contributed by atoms with van der Waals surface area (Å²) in [6, 6.07) is 0. The third kappa shape index (κ3) is 2.98. The zero-order valence-corrected chi connectivity index (χ0v) is 7.43. The van der Waals surface area contributed by atoms with Crippen molar-refractivity contribution in [2.24, 2.45) is 10.7 Å². The van der Waals surface area contributed by atoms with Crippen molar-refractivity contribution in [1.29, 1.82) is 0 Å². The number of rotatable bonds is 3. The van der Waals surface area contributed by atoms with Crippen molar-refractivity contribution in [3.8, 4) is 0 Å². The molecular formula is C6H11BrN2O. The molecule has 0 saturated heterocycles. The number of halogens is 1. The number of hydrogen-bond donors (Lipinski definition) is 2. The monoisotopic (exact) mass is 206 g/mol. The van der Waals surface area contributed by atoms with E-state index >= 15 is 0 Å². The second kappa shape index (κ2) is 5.44. The molecule has 0 fully saturated rings. The molecule has 0 radical (unpaired) electrons. The lowest BCUT2D eigenvalue weighted by atomic mass is 10.3. The van der Waals surface area contributed by atoms with E-state index in [9.17, 15) is 0 Å². The number of aliphatic hydroxyl groups excluding tert-OH is 1. The lowest BCUT2D eigenvalue weighted by Gasteiger charge is -1.97. The summed E-state index contributed by atoms with van der Waals surface area (Å²) in [5.41, 5.74) is 5.79. The fraction of sp³-hybridized carbons (Fsp3) is 0.500. The second-order valence-electron chi connectivity index (χ2n) is 1.62. The van der Waals surface area contributed by atoms with Gasteiger partial charge < -0.3 is 10.8 Å². The number of aliphatic imine (C=N–C) groups is 1. The van der Waals surface area contributed by atoms with Crippen LogP contribution in [0.2, 0.25) is 0 Å². The first-order valence-electron chi connectivity index (χ1n) is 2.98. The van der Waals surface area contributed by atoms with Crippen LogP contribution in [0.3, 0.4) is 0 Å². The van der Waals surface area contributed by atoms with Gasteiger partial charge >= 0.3 is 0 Å². The highest BCUT2D eigenvalue weighted by Crippen LogP contribution is 2.02. The number of hydrogen-bond acceptors (Lipinski definition) is 3. The van der Waals surface area contributed by atoms with Crippen molar-refractivity contribution in [2.45, 2.75) is 6.92 Å². The SMILES string of the molecule is CCN=C(Br)C(=CN)CO. The Morgan fingerprint density at radius 1 is 1.80 bits per heavy atom. The van der Waals surface area contributed by atoms with Crippen molar-refractivity contribution in [3.05, 3.63) is 11.8 Å². The third-order valence-corrected chi connectivity index (χ3v) is 1.69. The summed E-state index contributed by atoms with van der Waals surface area (Å²) in [6.07, 6.45) is 1.34. The highest BCUT2D eigenvalue weighted by molar-refractivity contribution is 9.18. The van der Waals surface area contributed by atoms with Crippen LogP contribution < -0.4 is 5.73 Å². The zero-order chi connectivity index (χ0) is 7.98. The Hall–Kier alpha value is -0.350. The molecule has 0 unspecified atom stereocenters. The van der Waals surface area contributed by atoms with Crippen LogP contribution in [0.4, 0.5) is 0 Å². The van der Waals surface area contributed by atoms with Gasteiger partial charge in [0.05, 0.1) is 6.61 Å². The Balaban J connectivity index is 4.16. The molecule has 0 heterocycles. The van der Waals surface area contributed by atoms with Gasteiger partial charge in [-0.2, -0.15) is 0 Å². The average molecular weight is 207 g/mol. The molecule has 0 bridgehead atoms. The molecule has 0 aliphatic carbocycles. The largest absolute Gasteiger partial charge is 0.404 e. The Morgan fingerprint density at radius 2 is 2.40 bits per heavy atom. The molecule has 0 aliphatic heterocycles. The molecule has 3 N–H and O–H groups in total. The minimum Gasteiger partial charge on any atom is -0.404 e. The van der Waals surface area contributed by atoms with E-state index in [1.54, 1.807) is 0 Å². The van der Waals surface area contributed by atoms with Crippen LogP contribution in [-0.2, 0) is 0 Å². The molecule has 0 aliphatic rings. The highest BCUT2D eigenvalue weighted by atomic mass is 79.9. The summed E-state index contributed by atoms with van der Waals surface area (Å²) in [4.78, 5) is 3.99. The fourth-order valence-corrected chi connectivity index (χ4v) is 0.935. The molecule has 0 spiro atoms. The van der Waals surface area contributed by atoms with Crippen molar-refractivity contribution in [2.75, 3.05) is 13.2 Å².